The number of pyridine rings is 1. The highest BCUT2D eigenvalue weighted by molar-refractivity contribution is 6.33. The van der Waals surface area contributed by atoms with Gasteiger partial charge in [0.2, 0.25) is 5.91 Å². The molecule has 0 aliphatic carbocycles. The van der Waals surface area contributed by atoms with Crippen molar-refractivity contribution in [1.29, 1.82) is 0 Å². The fourth-order valence-corrected chi connectivity index (χ4v) is 2.91. The normalized spacial score (nSPS) is 17.0. The molecule has 8 heteroatoms. The molecular weight excluding hydrogens is 343 g/mol. The summed E-state index contributed by atoms with van der Waals surface area (Å²) in [7, 11) is 0. The molecule has 0 atom stereocenters. The van der Waals surface area contributed by atoms with Crippen LogP contribution in [0.2, 0.25) is 5.02 Å². The quantitative estimate of drug-likeness (QED) is 0.760. The van der Waals surface area contributed by atoms with Gasteiger partial charge in [-0.15, -0.1) is 0 Å². The number of nitrogens with zero attached hydrogens (tertiary/aromatic N) is 3. The fourth-order valence-electron chi connectivity index (χ4n) is 2.63. The maximum Gasteiger partial charge on any atom is 0.417 e. The van der Waals surface area contributed by atoms with Gasteiger partial charge < -0.3 is 9.80 Å². The molecule has 0 saturated carbocycles. The van der Waals surface area contributed by atoms with Gasteiger partial charge in [0, 0.05) is 37.8 Å². The van der Waals surface area contributed by atoms with Gasteiger partial charge in [-0.25, -0.2) is 4.98 Å². The monoisotopic (exact) mass is 363 g/mol. The van der Waals surface area contributed by atoms with Crippen molar-refractivity contribution in [3.63, 3.8) is 0 Å². The average molecular weight is 364 g/mol. The highest BCUT2D eigenvalue weighted by Crippen LogP contribution is 2.33. The van der Waals surface area contributed by atoms with Crippen molar-refractivity contribution in [1.82, 2.24) is 9.88 Å². The summed E-state index contributed by atoms with van der Waals surface area (Å²) in [5.74, 6) is 0.394. The summed E-state index contributed by atoms with van der Waals surface area (Å²) in [6, 6.07) is 0.896. The number of amides is 1. The van der Waals surface area contributed by atoms with Crippen molar-refractivity contribution >= 4 is 23.3 Å². The first-order valence-corrected chi connectivity index (χ1v) is 8.15. The number of carbonyl (C=O) groups excluding carboxylic acids is 1. The van der Waals surface area contributed by atoms with E-state index in [0.29, 0.717) is 38.4 Å². The number of alkyl halides is 3. The summed E-state index contributed by atoms with van der Waals surface area (Å²) in [5.41, 5.74) is -1.32. The number of anilines is 1. The Morgan fingerprint density at radius 1 is 1.17 bits per heavy atom. The first-order valence-electron chi connectivity index (χ1n) is 7.77. The Labute approximate surface area is 144 Å². The molecule has 1 aliphatic heterocycles. The number of halogens is 4. The average Bonchev–Trinajstić information content (AvgIpc) is 2.70. The summed E-state index contributed by atoms with van der Waals surface area (Å²) in [5, 5.41) is -0.0274. The molecule has 1 aliphatic rings. The Morgan fingerprint density at radius 3 is 2.38 bits per heavy atom. The van der Waals surface area contributed by atoms with E-state index in [1.54, 1.807) is 4.90 Å². The zero-order chi connectivity index (χ0) is 18.1. The Kier molecular flexibility index (Phi) is 5.32. The summed E-state index contributed by atoms with van der Waals surface area (Å²) >= 11 is 6.01. The zero-order valence-electron chi connectivity index (χ0n) is 14.0. The summed E-state index contributed by atoms with van der Waals surface area (Å²) < 4.78 is 38.1. The molecule has 1 aromatic heterocycles. The van der Waals surface area contributed by atoms with Crippen molar-refractivity contribution < 1.29 is 18.0 Å². The number of hydrogen-bond acceptors (Lipinski definition) is 3. The van der Waals surface area contributed by atoms with Gasteiger partial charge in [0.15, 0.2) is 0 Å². The van der Waals surface area contributed by atoms with Gasteiger partial charge in [0.25, 0.3) is 0 Å². The van der Waals surface area contributed by atoms with E-state index in [1.165, 1.54) is 0 Å². The lowest BCUT2D eigenvalue weighted by atomic mass is 9.94. The maximum atomic E-state index is 12.7. The second-order valence-electron chi connectivity index (χ2n) is 6.91. The molecule has 0 bridgehead atoms. The van der Waals surface area contributed by atoms with Crippen LogP contribution < -0.4 is 4.90 Å². The molecule has 1 aromatic rings. The molecule has 0 spiro atoms. The lowest BCUT2D eigenvalue weighted by Gasteiger charge is -2.28. The van der Waals surface area contributed by atoms with Gasteiger partial charge in [-0.3, -0.25) is 4.79 Å². The van der Waals surface area contributed by atoms with Crippen molar-refractivity contribution in [2.45, 2.75) is 33.4 Å². The third-order valence-corrected chi connectivity index (χ3v) is 4.15. The molecule has 0 radical (unpaired) electrons. The van der Waals surface area contributed by atoms with E-state index in [0.717, 1.165) is 12.3 Å². The SMILES string of the molecule is CC(C)(C)C(=O)N1CCCN(c2ncc(C(F)(F)F)cc2Cl)CC1. The Morgan fingerprint density at radius 2 is 1.83 bits per heavy atom. The molecule has 4 nitrogen and oxygen atoms in total. The van der Waals surface area contributed by atoms with Crippen molar-refractivity contribution in [2.75, 3.05) is 31.1 Å². The van der Waals surface area contributed by atoms with Gasteiger partial charge in [0.1, 0.15) is 5.82 Å². The highest BCUT2D eigenvalue weighted by atomic mass is 35.5. The molecule has 0 unspecified atom stereocenters. The van der Waals surface area contributed by atoms with Crippen LogP contribution in [-0.2, 0) is 11.0 Å². The molecule has 1 saturated heterocycles. The summed E-state index contributed by atoms with van der Waals surface area (Å²) in [6.07, 6.45) is -2.96. The minimum atomic E-state index is -4.47. The molecular formula is C16H21ClF3N3O. The molecule has 2 rings (SSSR count). The topological polar surface area (TPSA) is 36.4 Å². The van der Waals surface area contributed by atoms with E-state index in [-0.39, 0.29) is 10.9 Å². The van der Waals surface area contributed by atoms with Crippen LogP contribution in [0, 0.1) is 5.41 Å². The highest BCUT2D eigenvalue weighted by Gasteiger charge is 2.33. The van der Waals surface area contributed by atoms with Crippen LogP contribution in [0.5, 0.6) is 0 Å². The molecule has 0 aromatic carbocycles. The molecule has 1 amide bonds. The first kappa shape index (κ1) is 18.8. The van der Waals surface area contributed by atoms with Gasteiger partial charge in [-0.1, -0.05) is 32.4 Å². The van der Waals surface area contributed by atoms with Crippen LogP contribution in [0.3, 0.4) is 0 Å². The largest absolute Gasteiger partial charge is 0.417 e. The van der Waals surface area contributed by atoms with E-state index in [1.807, 2.05) is 25.7 Å². The smallest absolute Gasteiger partial charge is 0.354 e. The Balaban J connectivity index is 2.13. The number of carbonyl (C=O) groups is 1. The van der Waals surface area contributed by atoms with E-state index < -0.39 is 17.2 Å². The van der Waals surface area contributed by atoms with E-state index in [4.69, 9.17) is 11.6 Å². The zero-order valence-corrected chi connectivity index (χ0v) is 14.7. The molecule has 134 valence electrons. The van der Waals surface area contributed by atoms with Gasteiger partial charge in [0.05, 0.1) is 10.6 Å². The minimum Gasteiger partial charge on any atom is -0.354 e. The van der Waals surface area contributed by atoms with Crippen LogP contribution in [-0.4, -0.2) is 42.0 Å². The van der Waals surface area contributed by atoms with Crippen LogP contribution in [0.4, 0.5) is 19.0 Å². The van der Waals surface area contributed by atoms with Crippen LogP contribution in [0.1, 0.15) is 32.8 Å². The predicted molar refractivity (Wildman–Crippen MR) is 87.1 cm³/mol. The Bertz CT molecular complexity index is 614. The number of rotatable bonds is 1. The predicted octanol–water partition coefficient (Wildman–Crippen LogP) is 3.84. The number of aromatic nitrogens is 1. The van der Waals surface area contributed by atoms with Crippen molar-refractivity contribution in [3.8, 4) is 0 Å². The minimum absolute atomic E-state index is 0.0274. The van der Waals surface area contributed by atoms with E-state index in [2.05, 4.69) is 4.98 Å². The second-order valence-corrected chi connectivity index (χ2v) is 7.32. The van der Waals surface area contributed by atoms with Crippen LogP contribution in [0.15, 0.2) is 12.3 Å². The third-order valence-electron chi connectivity index (χ3n) is 3.87. The lowest BCUT2D eigenvalue weighted by Crippen LogP contribution is -2.41. The molecule has 24 heavy (non-hydrogen) atoms. The van der Waals surface area contributed by atoms with Gasteiger partial charge in [-0.05, 0) is 12.5 Å². The first-order chi connectivity index (χ1) is 11.0. The van der Waals surface area contributed by atoms with Crippen LogP contribution in [0.25, 0.3) is 0 Å². The molecule has 2 heterocycles. The summed E-state index contributed by atoms with van der Waals surface area (Å²) in [6.45, 7) is 7.79. The van der Waals surface area contributed by atoms with E-state index in [9.17, 15) is 18.0 Å². The van der Waals surface area contributed by atoms with Gasteiger partial charge >= 0.3 is 6.18 Å². The van der Waals surface area contributed by atoms with E-state index >= 15 is 0 Å². The van der Waals surface area contributed by atoms with Crippen LogP contribution >= 0.6 is 11.6 Å². The van der Waals surface area contributed by atoms with Crippen molar-refractivity contribution in [2.24, 2.45) is 5.41 Å². The maximum absolute atomic E-state index is 12.7. The lowest BCUT2D eigenvalue weighted by molar-refractivity contribution is -0.139. The second kappa shape index (κ2) is 6.78. The van der Waals surface area contributed by atoms with Gasteiger partial charge in [-0.2, -0.15) is 13.2 Å². The third kappa shape index (κ3) is 4.32. The summed E-state index contributed by atoms with van der Waals surface area (Å²) in [4.78, 5) is 19.9. The Hall–Kier alpha value is -1.50. The van der Waals surface area contributed by atoms with Crippen molar-refractivity contribution in [3.05, 3.63) is 22.8 Å². The standard InChI is InChI=1S/C16H21ClF3N3O/c1-15(2,3)14(24)23-6-4-5-22(7-8-23)13-12(17)9-11(10-21-13)16(18,19)20/h9-10H,4-8H2,1-3H3. The number of hydrogen-bond donors (Lipinski definition) is 0. The molecule has 1 fully saturated rings. The molecule has 0 N–H and O–H groups in total. The fraction of sp³-hybridized carbons (Fsp3) is 0.625.